The van der Waals surface area contributed by atoms with E-state index in [0.717, 1.165) is 30.5 Å². The van der Waals surface area contributed by atoms with Gasteiger partial charge in [-0.1, -0.05) is 54.1 Å². The van der Waals surface area contributed by atoms with Gasteiger partial charge < -0.3 is 14.5 Å². The topological polar surface area (TPSA) is 36.9 Å². The lowest BCUT2D eigenvalue weighted by molar-refractivity contribution is 0.104. The molecule has 1 saturated heterocycles. The number of likely N-dealkylation sites (tertiary alicyclic amines) is 1. The third-order valence-electron chi connectivity index (χ3n) is 7.09. The van der Waals surface area contributed by atoms with Gasteiger partial charge in [0.25, 0.3) is 0 Å². The lowest BCUT2D eigenvalue weighted by Gasteiger charge is -2.45. The second kappa shape index (κ2) is 7.00. The minimum absolute atomic E-state index is 0.518. The van der Waals surface area contributed by atoms with E-state index in [0.29, 0.717) is 17.9 Å². The predicted molar refractivity (Wildman–Crippen MR) is 122 cm³/mol. The highest BCUT2D eigenvalue weighted by Gasteiger charge is 2.40. The van der Waals surface area contributed by atoms with E-state index in [4.69, 9.17) is 11.6 Å². The van der Waals surface area contributed by atoms with Crippen LogP contribution in [0.2, 0.25) is 5.15 Å². The number of hydrogen-bond donors (Lipinski definition) is 1. The molecule has 0 unspecified atom stereocenters. The Labute approximate surface area is 181 Å². The van der Waals surface area contributed by atoms with Crippen LogP contribution >= 0.6 is 11.6 Å². The SMILES string of the molecule is CN1C[C@@H](Cn2ccnc2-c2ccccc2)C[C@@H]2c3cccc4[nH]c(Cl)c(c34)C[C@H]21. The zero-order valence-electron chi connectivity index (χ0n) is 17.1. The molecule has 0 radical (unpaired) electrons. The first kappa shape index (κ1) is 18.2. The maximum atomic E-state index is 6.57. The number of likely N-dealkylation sites (N-methyl/N-ethyl adjacent to an activating group) is 1. The molecular weight excluding hydrogens is 392 g/mol. The number of H-pyrrole nitrogens is 1. The van der Waals surface area contributed by atoms with Gasteiger partial charge in [-0.25, -0.2) is 4.98 Å². The van der Waals surface area contributed by atoms with Gasteiger partial charge in [0.15, 0.2) is 0 Å². The molecule has 3 atom stereocenters. The van der Waals surface area contributed by atoms with Crippen molar-refractivity contribution in [2.24, 2.45) is 5.92 Å². The summed E-state index contributed by atoms with van der Waals surface area (Å²) < 4.78 is 2.33. The molecule has 1 N–H and O–H groups in total. The second-order valence-electron chi connectivity index (χ2n) is 8.88. The van der Waals surface area contributed by atoms with Crippen LogP contribution in [0.1, 0.15) is 23.5 Å². The first-order valence-electron chi connectivity index (χ1n) is 10.7. The predicted octanol–water partition coefficient (Wildman–Crippen LogP) is 5.35. The van der Waals surface area contributed by atoms with Crippen molar-refractivity contribution in [3.63, 3.8) is 0 Å². The van der Waals surface area contributed by atoms with E-state index in [1.165, 1.54) is 34.0 Å². The van der Waals surface area contributed by atoms with E-state index < -0.39 is 0 Å². The Morgan fingerprint density at radius 2 is 2.00 bits per heavy atom. The van der Waals surface area contributed by atoms with Crippen LogP contribution in [0.3, 0.4) is 0 Å². The van der Waals surface area contributed by atoms with Crippen LogP contribution in [-0.4, -0.2) is 39.1 Å². The molecule has 1 fully saturated rings. The van der Waals surface area contributed by atoms with E-state index >= 15 is 0 Å². The van der Waals surface area contributed by atoms with Crippen LogP contribution in [0.4, 0.5) is 0 Å². The molecule has 0 saturated carbocycles. The van der Waals surface area contributed by atoms with E-state index in [1.54, 1.807) is 0 Å². The number of halogens is 1. The van der Waals surface area contributed by atoms with Crippen molar-refractivity contribution in [1.29, 1.82) is 0 Å². The van der Waals surface area contributed by atoms with E-state index in [9.17, 15) is 0 Å². The Bertz CT molecular complexity index is 1210. The molecule has 2 aromatic carbocycles. The fraction of sp³-hybridized carbons (Fsp3) is 0.320. The molecule has 152 valence electrons. The lowest BCUT2D eigenvalue weighted by Crippen LogP contribution is -2.48. The molecule has 0 amide bonds. The number of aromatic nitrogens is 3. The van der Waals surface area contributed by atoms with Crippen LogP contribution in [0.5, 0.6) is 0 Å². The number of benzene rings is 2. The third kappa shape index (κ3) is 2.82. The van der Waals surface area contributed by atoms with Crippen molar-refractivity contribution >= 4 is 22.5 Å². The van der Waals surface area contributed by atoms with E-state index in [1.807, 2.05) is 6.20 Å². The van der Waals surface area contributed by atoms with Gasteiger partial charge in [-0.3, -0.25) is 0 Å². The molecule has 2 aliphatic rings. The van der Waals surface area contributed by atoms with E-state index in [2.05, 4.69) is 81.2 Å². The van der Waals surface area contributed by atoms with Gasteiger partial charge in [0.2, 0.25) is 0 Å². The Kier molecular flexibility index (Phi) is 4.25. The zero-order chi connectivity index (χ0) is 20.2. The smallest absolute Gasteiger partial charge is 0.139 e. The molecule has 4 nitrogen and oxygen atoms in total. The number of hydrogen-bond acceptors (Lipinski definition) is 2. The van der Waals surface area contributed by atoms with Crippen molar-refractivity contribution in [3.05, 3.63) is 77.2 Å². The van der Waals surface area contributed by atoms with Crippen molar-refractivity contribution in [2.75, 3.05) is 13.6 Å². The summed E-state index contributed by atoms with van der Waals surface area (Å²) in [5, 5.41) is 2.18. The molecule has 3 heterocycles. The highest BCUT2D eigenvalue weighted by atomic mass is 35.5. The number of rotatable bonds is 3. The summed E-state index contributed by atoms with van der Waals surface area (Å²) in [6.45, 7) is 2.09. The van der Waals surface area contributed by atoms with Crippen molar-refractivity contribution < 1.29 is 0 Å². The van der Waals surface area contributed by atoms with Crippen molar-refractivity contribution in [2.45, 2.75) is 31.3 Å². The molecule has 6 rings (SSSR count). The molecule has 0 bridgehead atoms. The number of nitrogens with zero attached hydrogens (tertiary/aromatic N) is 3. The van der Waals surface area contributed by atoms with Crippen LogP contribution in [0.15, 0.2) is 60.9 Å². The normalized spacial score (nSPS) is 23.6. The average Bonchev–Trinajstić information content (AvgIpc) is 3.35. The van der Waals surface area contributed by atoms with Gasteiger partial charge in [-0.2, -0.15) is 0 Å². The zero-order valence-corrected chi connectivity index (χ0v) is 17.8. The van der Waals surface area contributed by atoms with Gasteiger partial charge in [-0.05, 0) is 43.0 Å². The molecule has 30 heavy (non-hydrogen) atoms. The van der Waals surface area contributed by atoms with Gasteiger partial charge in [-0.15, -0.1) is 0 Å². The Balaban J connectivity index is 1.33. The summed E-state index contributed by atoms with van der Waals surface area (Å²) in [5.41, 5.74) is 5.12. The average molecular weight is 417 g/mol. The first-order valence-corrected chi connectivity index (χ1v) is 11.1. The van der Waals surface area contributed by atoms with Crippen molar-refractivity contribution in [1.82, 2.24) is 19.4 Å². The van der Waals surface area contributed by atoms with Gasteiger partial charge in [0.05, 0.1) is 0 Å². The second-order valence-corrected chi connectivity index (χ2v) is 9.25. The standard InChI is InChI=1S/C25H25ClN4/c1-29-14-16(15-30-11-10-27-25(30)17-6-3-2-4-7-17)12-19-18-8-5-9-21-23(18)20(13-22(19)29)24(26)28-21/h2-11,16,19,22,28H,12-15H2,1H3/t16-,19+,22+/m0/s1. The van der Waals surface area contributed by atoms with Crippen LogP contribution in [-0.2, 0) is 13.0 Å². The van der Waals surface area contributed by atoms with Crippen LogP contribution in [0.25, 0.3) is 22.3 Å². The molecule has 5 heteroatoms. The number of imidazole rings is 1. The maximum Gasteiger partial charge on any atom is 0.139 e. The molecule has 4 aromatic rings. The number of piperidine rings is 1. The minimum Gasteiger partial charge on any atom is -0.345 e. The number of fused-ring (bicyclic) bond motifs is 2. The summed E-state index contributed by atoms with van der Waals surface area (Å²) in [5.74, 6) is 2.19. The monoisotopic (exact) mass is 416 g/mol. The number of nitrogens with one attached hydrogen (secondary N) is 1. The Hall–Kier alpha value is -2.56. The molecule has 1 aliphatic carbocycles. The highest BCUT2D eigenvalue weighted by molar-refractivity contribution is 6.32. The fourth-order valence-electron chi connectivity index (χ4n) is 5.81. The quantitative estimate of drug-likeness (QED) is 0.489. The molecule has 2 aromatic heterocycles. The van der Waals surface area contributed by atoms with E-state index in [-0.39, 0.29) is 0 Å². The minimum atomic E-state index is 0.518. The van der Waals surface area contributed by atoms with Gasteiger partial charge in [0.1, 0.15) is 11.0 Å². The lowest BCUT2D eigenvalue weighted by atomic mass is 9.72. The largest absolute Gasteiger partial charge is 0.345 e. The fourth-order valence-corrected chi connectivity index (χ4v) is 6.09. The highest BCUT2D eigenvalue weighted by Crippen LogP contribution is 2.46. The van der Waals surface area contributed by atoms with Crippen molar-refractivity contribution in [3.8, 4) is 11.4 Å². The summed E-state index contributed by atoms with van der Waals surface area (Å²) in [6, 6.07) is 17.6. The Morgan fingerprint density at radius 1 is 1.13 bits per heavy atom. The summed E-state index contributed by atoms with van der Waals surface area (Å²) in [4.78, 5) is 10.6. The summed E-state index contributed by atoms with van der Waals surface area (Å²) in [7, 11) is 2.28. The molecule has 0 spiro atoms. The summed E-state index contributed by atoms with van der Waals surface area (Å²) in [6.07, 6.45) is 6.28. The summed E-state index contributed by atoms with van der Waals surface area (Å²) >= 11 is 6.57. The number of aromatic amines is 1. The maximum absolute atomic E-state index is 6.57. The van der Waals surface area contributed by atoms with Gasteiger partial charge in [0, 0.05) is 53.9 Å². The molecular formula is C25H25ClN4. The molecule has 1 aliphatic heterocycles. The Morgan fingerprint density at radius 3 is 2.87 bits per heavy atom. The third-order valence-corrected chi connectivity index (χ3v) is 7.41. The first-order chi connectivity index (χ1) is 14.7. The van der Waals surface area contributed by atoms with Crippen LogP contribution < -0.4 is 0 Å². The van der Waals surface area contributed by atoms with Gasteiger partial charge >= 0.3 is 0 Å². The van der Waals surface area contributed by atoms with Crippen LogP contribution in [0, 0.1) is 5.92 Å².